The summed E-state index contributed by atoms with van der Waals surface area (Å²) in [4.78, 5) is 13.9. The van der Waals surface area contributed by atoms with E-state index in [1.54, 1.807) is 18.7 Å². The zero-order valence-electron chi connectivity index (χ0n) is 12.7. The Bertz CT molecular complexity index is 266. The summed E-state index contributed by atoms with van der Waals surface area (Å²) in [5.41, 5.74) is -0.839. The van der Waals surface area contributed by atoms with Crippen LogP contribution in [0.2, 0.25) is 0 Å². The Labute approximate surface area is 117 Å². The predicted octanol–water partition coefficient (Wildman–Crippen LogP) is 2.90. The van der Waals surface area contributed by atoms with Crippen molar-refractivity contribution in [3.05, 3.63) is 0 Å². The molecule has 4 heteroatoms. The maximum Gasteiger partial charge on any atom is 0.317 e. The molecule has 2 N–H and O–H groups in total. The number of aliphatic hydroxyl groups is 1. The van der Waals surface area contributed by atoms with Crippen LogP contribution in [0.25, 0.3) is 0 Å². The third kappa shape index (κ3) is 6.81. The molecule has 0 bridgehead atoms. The van der Waals surface area contributed by atoms with Crippen molar-refractivity contribution in [2.45, 2.75) is 77.4 Å². The molecule has 0 atom stereocenters. The summed E-state index contributed by atoms with van der Waals surface area (Å²) in [7, 11) is 0. The summed E-state index contributed by atoms with van der Waals surface area (Å²) in [6, 6.07) is 0.277. The summed E-state index contributed by atoms with van der Waals surface area (Å²) in [5.74, 6) is 0. The van der Waals surface area contributed by atoms with Crippen molar-refractivity contribution in [3.63, 3.8) is 0 Å². The fourth-order valence-electron chi connectivity index (χ4n) is 2.66. The standard InChI is InChI=1S/C15H30N2O2/c1-4-17(12-15(2,3)19)14(18)16-13-10-8-6-5-7-9-11-13/h13,19H,4-12H2,1-3H3,(H,16,18). The minimum Gasteiger partial charge on any atom is -0.389 e. The predicted molar refractivity (Wildman–Crippen MR) is 78.2 cm³/mol. The number of carbonyl (C=O) groups excluding carboxylic acids is 1. The SMILES string of the molecule is CCN(CC(C)(C)O)C(=O)NC1CCCCCCC1. The molecule has 0 saturated heterocycles. The molecule has 4 nitrogen and oxygen atoms in total. The molecular formula is C15H30N2O2. The highest BCUT2D eigenvalue weighted by atomic mass is 16.3. The van der Waals surface area contributed by atoms with Gasteiger partial charge in [0.25, 0.3) is 0 Å². The molecule has 1 aliphatic carbocycles. The fourth-order valence-corrected chi connectivity index (χ4v) is 2.66. The quantitative estimate of drug-likeness (QED) is 0.825. The Hall–Kier alpha value is -0.770. The zero-order chi connectivity index (χ0) is 14.3. The smallest absolute Gasteiger partial charge is 0.317 e. The number of amides is 2. The van der Waals surface area contributed by atoms with Gasteiger partial charge in [0.2, 0.25) is 0 Å². The van der Waals surface area contributed by atoms with E-state index in [4.69, 9.17) is 0 Å². The Morgan fingerprint density at radius 3 is 2.21 bits per heavy atom. The molecule has 1 rings (SSSR count). The van der Waals surface area contributed by atoms with Crippen LogP contribution in [0.5, 0.6) is 0 Å². The van der Waals surface area contributed by atoms with Crippen molar-refractivity contribution in [1.29, 1.82) is 0 Å². The van der Waals surface area contributed by atoms with Gasteiger partial charge in [-0.25, -0.2) is 4.79 Å². The molecule has 0 radical (unpaired) electrons. The van der Waals surface area contributed by atoms with Gasteiger partial charge < -0.3 is 15.3 Å². The molecule has 0 unspecified atom stereocenters. The average molecular weight is 270 g/mol. The number of nitrogens with zero attached hydrogens (tertiary/aromatic N) is 1. The first-order valence-electron chi connectivity index (χ1n) is 7.70. The van der Waals surface area contributed by atoms with Gasteiger partial charge in [0.1, 0.15) is 0 Å². The molecule has 0 heterocycles. The molecule has 0 aromatic rings. The minimum absolute atomic E-state index is 0.0322. The van der Waals surface area contributed by atoms with Crippen LogP contribution in [-0.4, -0.2) is 40.8 Å². The molecule has 0 spiro atoms. The second-order valence-corrected chi connectivity index (χ2v) is 6.32. The molecule has 2 amide bonds. The van der Waals surface area contributed by atoms with Gasteiger partial charge >= 0.3 is 6.03 Å². The Balaban J connectivity index is 2.45. The number of urea groups is 1. The minimum atomic E-state index is -0.839. The number of hydrogen-bond acceptors (Lipinski definition) is 2. The van der Waals surface area contributed by atoms with E-state index in [9.17, 15) is 9.90 Å². The molecule has 1 fully saturated rings. The molecular weight excluding hydrogens is 240 g/mol. The van der Waals surface area contributed by atoms with Gasteiger partial charge in [0.15, 0.2) is 0 Å². The van der Waals surface area contributed by atoms with E-state index in [0.29, 0.717) is 19.1 Å². The molecule has 1 saturated carbocycles. The number of carbonyl (C=O) groups is 1. The highest BCUT2D eigenvalue weighted by molar-refractivity contribution is 5.74. The monoisotopic (exact) mass is 270 g/mol. The molecule has 19 heavy (non-hydrogen) atoms. The summed E-state index contributed by atoms with van der Waals surface area (Å²) >= 11 is 0. The number of nitrogens with one attached hydrogen (secondary N) is 1. The molecule has 0 aromatic carbocycles. The van der Waals surface area contributed by atoms with Crippen molar-refractivity contribution in [2.24, 2.45) is 0 Å². The van der Waals surface area contributed by atoms with E-state index in [1.807, 2.05) is 6.92 Å². The van der Waals surface area contributed by atoms with E-state index in [2.05, 4.69) is 5.32 Å². The van der Waals surface area contributed by atoms with Gasteiger partial charge in [0.05, 0.1) is 12.1 Å². The molecule has 0 aromatic heterocycles. The Kier molecular flexibility index (Phi) is 6.63. The lowest BCUT2D eigenvalue weighted by atomic mass is 9.97. The molecule has 1 aliphatic rings. The first kappa shape index (κ1) is 16.3. The highest BCUT2D eigenvalue weighted by Gasteiger charge is 2.23. The maximum atomic E-state index is 12.2. The van der Waals surface area contributed by atoms with Crippen LogP contribution in [0.15, 0.2) is 0 Å². The number of hydrogen-bond donors (Lipinski definition) is 2. The Morgan fingerprint density at radius 1 is 1.21 bits per heavy atom. The van der Waals surface area contributed by atoms with Crippen LogP contribution in [0.4, 0.5) is 4.79 Å². The summed E-state index contributed by atoms with van der Waals surface area (Å²) in [6.07, 6.45) is 8.50. The van der Waals surface area contributed by atoms with Crippen LogP contribution >= 0.6 is 0 Å². The van der Waals surface area contributed by atoms with Gasteiger partial charge in [-0.3, -0.25) is 0 Å². The first-order chi connectivity index (χ1) is 8.92. The fraction of sp³-hybridized carbons (Fsp3) is 0.933. The normalized spacial score (nSPS) is 18.5. The number of likely N-dealkylation sites (N-methyl/N-ethyl adjacent to an activating group) is 1. The third-order valence-corrected chi connectivity index (χ3v) is 3.68. The number of rotatable bonds is 4. The van der Waals surface area contributed by atoms with Crippen LogP contribution in [0, 0.1) is 0 Å². The van der Waals surface area contributed by atoms with E-state index < -0.39 is 5.60 Å². The van der Waals surface area contributed by atoms with Crippen molar-refractivity contribution in [1.82, 2.24) is 10.2 Å². The third-order valence-electron chi connectivity index (χ3n) is 3.68. The van der Waals surface area contributed by atoms with Gasteiger partial charge in [-0.05, 0) is 33.6 Å². The second-order valence-electron chi connectivity index (χ2n) is 6.32. The van der Waals surface area contributed by atoms with E-state index in [1.165, 1.54) is 32.1 Å². The van der Waals surface area contributed by atoms with Gasteiger partial charge in [-0.1, -0.05) is 32.1 Å². The van der Waals surface area contributed by atoms with E-state index in [0.717, 1.165) is 12.8 Å². The second kappa shape index (κ2) is 7.73. The Morgan fingerprint density at radius 2 is 1.74 bits per heavy atom. The average Bonchev–Trinajstić information content (AvgIpc) is 2.28. The first-order valence-corrected chi connectivity index (χ1v) is 7.70. The van der Waals surface area contributed by atoms with Gasteiger partial charge in [0, 0.05) is 12.6 Å². The maximum absolute atomic E-state index is 12.2. The molecule has 112 valence electrons. The van der Waals surface area contributed by atoms with Gasteiger partial charge in [-0.15, -0.1) is 0 Å². The van der Waals surface area contributed by atoms with E-state index >= 15 is 0 Å². The lowest BCUT2D eigenvalue weighted by Gasteiger charge is -2.30. The zero-order valence-corrected chi connectivity index (χ0v) is 12.7. The van der Waals surface area contributed by atoms with E-state index in [-0.39, 0.29) is 6.03 Å². The largest absolute Gasteiger partial charge is 0.389 e. The van der Waals surface area contributed by atoms with Crippen LogP contribution in [0.3, 0.4) is 0 Å². The summed E-state index contributed by atoms with van der Waals surface area (Å²) < 4.78 is 0. The van der Waals surface area contributed by atoms with Crippen LogP contribution in [-0.2, 0) is 0 Å². The summed E-state index contributed by atoms with van der Waals surface area (Å²) in [6.45, 7) is 6.42. The molecule has 0 aliphatic heterocycles. The van der Waals surface area contributed by atoms with Gasteiger partial charge in [-0.2, -0.15) is 0 Å². The van der Waals surface area contributed by atoms with Crippen molar-refractivity contribution >= 4 is 6.03 Å². The van der Waals surface area contributed by atoms with Crippen molar-refractivity contribution in [2.75, 3.05) is 13.1 Å². The van der Waals surface area contributed by atoms with Crippen LogP contribution < -0.4 is 5.32 Å². The lowest BCUT2D eigenvalue weighted by molar-refractivity contribution is 0.0474. The van der Waals surface area contributed by atoms with Crippen LogP contribution in [0.1, 0.15) is 65.7 Å². The topological polar surface area (TPSA) is 52.6 Å². The lowest BCUT2D eigenvalue weighted by Crippen LogP contribution is -2.49. The van der Waals surface area contributed by atoms with Crippen molar-refractivity contribution in [3.8, 4) is 0 Å². The summed E-state index contributed by atoms with van der Waals surface area (Å²) in [5, 5.41) is 13.0. The highest BCUT2D eigenvalue weighted by Crippen LogP contribution is 2.17. The van der Waals surface area contributed by atoms with Crippen molar-refractivity contribution < 1.29 is 9.90 Å².